The molecule has 1 unspecified atom stereocenters. The number of nitrogens with zero attached hydrogens (tertiary/aromatic N) is 2. The molecule has 1 atom stereocenters. The third-order valence-corrected chi connectivity index (χ3v) is 2.95. The summed E-state index contributed by atoms with van der Waals surface area (Å²) in [6, 6.07) is 10.7. The molecule has 1 aromatic heterocycles. The molecule has 0 aliphatic rings. The molecule has 0 saturated heterocycles. The number of hydrogen-bond donors (Lipinski definition) is 1. The summed E-state index contributed by atoms with van der Waals surface area (Å²) in [6.07, 6.45) is 10.0. The van der Waals surface area contributed by atoms with Gasteiger partial charge in [-0.2, -0.15) is 5.10 Å². The van der Waals surface area contributed by atoms with E-state index in [2.05, 4.69) is 41.6 Å². The lowest BCUT2D eigenvalue weighted by Gasteiger charge is -2.08. The highest BCUT2D eigenvalue weighted by Crippen LogP contribution is 2.04. The van der Waals surface area contributed by atoms with Gasteiger partial charge in [0, 0.05) is 30.8 Å². The predicted octanol–water partition coefficient (Wildman–Crippen LogP) is 2.43. The fourth-order valence-corrected chi connectivity index (χ4v) is 1.90. The predicted molar refractivity (Wildman–Crippen MR) is 77.5 cm³/mol. The fourth-order valence-electron chi connectivity index (χ4n) is 1.90. The van der Waals surface area contributed by atoms with Gasteiger partial charge in [-0.3, -0.25) is 4.68 Å². The number of nitrogens with one attached hydrogen (secondary N) is 1. The van der Waals surface area contributed by atoms with Crippen LogP contribution in [-0.4, -0.2) is 15.8 Å². The molecule has 0 fully saturated rings. The minimum absolute atomic E-state index is 0.336. The maximum atomic E-state index is 5.28. The second kappa shape index (κ2) is 6.77. The van der Waals surface area contributed by atoms with Gasteiger partial charge in [0.05, 0.1) is 12.7 Å². The molecule has 0 aliphatic carbocycles. The molecule has 19 heavy (non-hydrogen) atoms. The molecule has 0 saturated carbocycles. The summed E-state index contributed by atoms with van der Waals surface area (Å²) >= 11 is 0. The van der Waals surface area contributed by atoms with E-state index in [1.165, 1.54) is 11.1 Å². The Bertz CT molecular complexity index is 537. The van der Waals surface area contributed by atoms with E-state index in [-0.39, 0.29) is 0 Å². The molecule has 0 bridgehead atoms. The SMILES string of the molecule is C#CCC(C)NCc1cnn(Cc2ccccc2)c1. The zero-order valence-electron chi connectivity index (χ0n) is 11.2. The van der Waals surface area contributed by atoms with Crippen molar-refractivity contribution in [3.63, 3.8) is 0 Å². The van der Waals surface area contributed by atoms with Crippen molar-refractivity contribution in [1.82, 2.24) is 15.1 Å². The summed E-state index contributed by atoms with van der Waals surface area (Å²) in [6.45, 7) is 3.70. The molecule has 2 aromatic rings. The monoisotopic (exact) mass is 253 g/mol. The summed E-state index contributed by atoms with van der Waals surface area (Å²) in [5, 5.41) is 7.75. The van der Waals surface area contributed by atoms with Gasteiger partial charge in [-0.25, -0.2) is 0 Å². The first kappa shape index (κ1) is 13.4. The Labute approximate surface area is 114 Å². The fraction of sp³-hybridized carbons (Fsp3) is 0.312. The number of hydrogen-bond acceptors (Lipinski definition) is 2. The van der Waals surface area contributed by atoms with Gasteiger partial charge < -0.3 is 5.32 Å². The average Bonchev–Trinajstić information content (AvgIpc) is 2.86. The van der Waals surface area contributed by atoms with Crippen molar-refractivity contribution in [3.05, 3.63) is 53.9 Å². The lowest BCUT2D eigenvalue weighted by atomic mass is 10.2. The van der Waals surface area contributed by atoms with Crippen LogP contribution in [0.25, 0.3) is 0 Å². The van der Waals surface area contributed by atoms with Crippen LogP contribution in [0.1, 0.15) is 24.5 Å². The first-order chi connectivity index (χ1) is 9.28. The third-order valence-electron chi connectivity index (χ3n) is 2.95. The third kappa shape index (κ3) is 4.27. The zero-order valence-corrected chi connectivity index (χ0v) is 11.2. The van der Waals surface area contributed by atoms with Crippen molar-refractivity contribution >= 4 is 0 Å². The van der Waals surface area contributed by atoms with E-state index in [1.807, 2.05) is 29.1 Å². The summed E-state index contributed by atoms with van der Waals surface area (Å²) in [4.78, 5) is 0. The van der Waals surface area contributed by atoms with Gasteiger partial charge in [-0.05, 0) is 12.5 Å². The van der Waals surface area contributed by atoms with E-state index in [0.717, 1.165) is 19.5 Å². The van der Waals surface area contributed by atoms with Crippen molar-refractivity contribution in [2.45, 2.75) is 32.5 Å². The summed E-state index contributed by atoms with van der Waals surface area (Å²) in [5.41, 5.74) is 2.44. The van der Waals surface area contributed by atoms with Gasteiger partial charge in [0.1, 0.15) is 0 Å². The number of aromatic nitrogens is 2. The van der Waals surface area contributed by atoms with Gasteiger partial charge in [-0.15, -0.1) is 12.3 Å². The van der Waals surface area contributed by atoms with Gasteiger partial charge in [-0.1, -0.05) is 30.3 Å². The smallest absolute Gasteiger partial charge is 0.0659 e. The van der Waals surface area contributed by atoms with E-state index < -0.39 is 0 Å². The van der Waals surface area contributed by atoms with Crippen LogP contribution in [0.5, 0.6) is 0 Å². The second-order valence-corrected chi connectivity index (χ2v) is 4.72. The normalized spacial score (nSPS) is 12.0. The van der Waals surface area contributed by atoms with Crippen LogP contribution >= 0.6 is 0 Å². The topological polar surface area (TPSA) is 29.9 Å². The number of rotatable bonds is 6. The van der Waals surface area contributed by atoms with Crippen molar-refractivity contribution < 1.29 is 0 Å². The summed E-state index contributed by atoms with van der Waals surface area (Å²) in [5.74, 6) is 2.66. The molecule has 0 aliphatic heterocycles. The molecule has 0 amide bonds. The van der Waals surface area contributed by atoms with E-state index in [0.29, 0.717) is 6.04 Å². The van der Waals surface area contributed by atoms with Gasteiger partial charge in [0.25, 0.3) is 0 Å². The molecule has 1 aromatic carbocycles. The number of benzene rings is 1. The van der Waals surface area contributed by atoms with Crippen molar-refractivity contribution in [1.29, 1.82) is 0 Å². The lowest BCUT2D eigenvalue weighted by Crippen LogP contribution is -2.24. The molecule has 3 heteroatoms. The highest BCUT2D eigenvalue weighted by atomic mass is 15.3. The van der Waals surface area contributed by atoms with E-state index in [1.54, 1.807) is 0 Å². The molecule has 0 spiro atoms. The molecule has 98 valence electrons. The van der Waals surface area contributed by atoms with Crippen LogP contribution < -0.4 is 5.32 Å². The van der Waals surface area contributed by atoms with Crippen LogP contribution in [0.4, 0.5) is 0 Å². The Kier molecular flexibility index (Phi) is 4.77. The Hall–Kier alpha value is -2.05. The first-order valence-electron chi connectivity index (χ1n) is 6.50. The Morgan fingerprint density at radius 1 is 1.32 bits per heavy atom. The van der Waals surface area contributed by atoms with Crippen molar-refractivity contribution in [3.8, 4) is 12.3 Å². The van der Waals surface area contributed by atoms with Crippen molar-refractivity contribution in [2.75, 3.05) is 0 Å². The second-order valence-electron chi connectivity index (χ2n) is 4.72. The molecular formula is C16H19N3. The van der Waals surface area contributed by atoms with Gasteiger partial charge in [0.15, 0.2) is 0 Å². The molecule has 1 heterocycles. The average molecular weight is 253 g/mol. The summed E-state index contributed by atoms with van der Waals surface area (Å²) < 4.78 is 1.96. The first-order valence-corrected chi connectivity index (χ1v) is 6.50. The van der Waals surface area contributed by atoms with E-state index in [4.69, 9.17) is 6.42 Å². The van der Waals surface area contributed by atoms with Crippen LogP contribution in [-0.2, 0) is 13.1 Å². The quantitative estimate of drug-likeness (QED) is 0.801. The largest absolute Gasteiger partial charge is 0.309 e. The lowest BCUT2D eigenvalue weighted by molar-refractivity contribution is 0.559. The van der Waals surface area contributed by atoms with Crippen LogP contribution in [0.3, 0.4) is 0 Å². The number of terminal acetylenes is 1. The molecular weight excluding hydrogens is 234 g/mol. The van der Waals surface area contributed by atoms with Gasteiger partial charge >= 0.3 is 0 Å². The molecule has 0 radical (unpaired) electrons. The molecule has 2 rings (SSSR count). The molecule has 1 N–H and O–H groups in total. The Morgan fingerprint density at radius 2 is 2.11 bits per heavy atom. The maximum Gasteiger partial charge on any atom is 0.0659 e. The van der Waals surface area contributed by atoms with E-state index >= 15 is 0 Å². The van der Waals surface area contributed by atoms with Crippen LogP contribution in [0.2, 0.25) is 0 Å². The Balaban J connectivity index is 1.87. The molecule has 3 nitrogen and oxygen atoms in total. The Morgan fingerprint density at radius 3 is 2.84 bits per heavy atom. The minimum atomic E-state index is 0.336. The summed E-state index contributed by atoms with van der Waals surface area (Å²) in [7, 11) is 0. The highest BCUT2D eigenvalue weighted by molar-refractivity contribution is 5.15. The minimum Gasteiger partial charge on any atom is -0.309 e. The zero-order chi connectivity index (χ0) is 13.5. The van der Waals surface area contributed by atoms with Crippen LogP contribution in [0.15, 0.2) is 42.7 Å². The highest BCUT2D eigenvalue weighted by Gasteiger charge is 2.02. The van der Waals surface area contributed by atoms with Gasteiger partial charge in [0.2, 0.25) is 0 Å². The van der Waals surface area contributed by atoms with Crippen molar-refractivity contribution in [2.24, 2.45) is 0 Å². The van der Waals surface area contributed by atoms with E-state index in [9.17, 15) is 0 Å². The standard InChI is InChI=1S/C16H19N3/c1-3-7-14(2)17-10-16-11-18-19(13-16)12-15-8-5-4-6-9-15/h1,4-6,8-9,11,13-14,17H,7,10,12H2,2H3. The maximum absolute atomic E-state index is 5.28. The van der Waals surface area contributed by atoms with Crippen LogP contribution in [0, 0.1) is 12.3 Å².